The van der Waals surface area contributed by atoms with Gasteiger partial charge in [0.1, 0.15) is 6.61 Å². The van der Waals surface area contributed by atoms with Crippen molar-refractivity contribution in [1.29, 1.82) is 0 Å². The molecule has 0 amide bonds. The van der Waals surface area contributed by atoms with Crippen LogP contribution in [0, 0.1) is 13.8 Å². The lowest BCUT2D eigenvalue weighted by molar-refractivity contribution is 0.0547. The van der Waals surface area contributed by atoms with Crippen LogP contribution < -0.4 is 9.47 Å². The highest BCUT2D eigenvalue weighted by atomic mass is 35.5. The van der Waals surface area contributed by atoms with E-state index in [0.29, 0.717) is 22.8 Å². The van der Waals surface area contributed by atoms with Gasteiger partial charge in [-0.2, -0.15) is 0 Å². The van der Waals surface area contributed by atoms with Gasteiger partial charge in [0.2, 0.25) is 6.79 Å². The number of fused-ring (bicyclic) bond motifs is 2. The largest absolute Gasteiger partial charge is 0.458 e. The zero-order chi connectivity index (χ0) is 15.0. The minimum Gasteiger partial charge on any atom is -0.458 e. The maximum absolute atomic E-state index is 12.2. The Balaban J connectivity index is 0.00000176. The summed E-state index contributed by atoms with van der Waals surface area (Å²) in [6, 6.07) is 3.68. The zero-order valence-electron chi connectivity index (χ0n) is 12.3. The molecule has 2 aromatic rings. The van der Waals surface area contributed by atoms with Crippen molar-refractivity contribution in [3.05, 3.63) is 41.6 Å². The number of nitrogens with zero attached hydrogens (tertiary/aromatic N) is 1. The number of carbonyl (C=O) groups excluding carboxylic acids is 1. The molecule has 0 unspecified atom stereocenters. The van der Waals surface area contributed by atoms with E-state index < -0.39 is 5.97 Å². The van der Waals surface area contributed by atoms with Crippen LogP contribution >= 0.6 is 12.4 Å². The minimum absolute atomic E-state index is 0. The Morgan fingerprint density at radius 3 is 2.73 bits per heavy atom. The van der Waals surface area contributed by atoms with Gasteiger partial charge in [0.25, 0.3) is 0 Å². The quantitative estimate of drug-likeness (QED) is 0.641. The van der Waals surface area contributed by atoms with Gasteiger partial charge in [0.05, 0.1) is 16.8 Å². The molecule has 0 saturated heterocycles. The van der Waals surface area contributed by atoms with Crippen molar-refractivity contribution < 1.29 is 19.0 Å². The Morgan fingerprint density at radius 2 is 2.05 bits per heavy atom. The molecule has 0 atom stereocenters. The van der Waals surface area contributed by atoms with Gasteiger partial charge >= 0.3 is 5.97 Å². The number of aryl methyl sites for hydroxylation is 2. The number of halogens is 1. The van der Waals surface area contributed by atoms with Gasteiger partial charge in [-0.05, 0) is 25.5 Å². The van der Waals surface area contributed by atoms with Crippen LogP contribution in [0.15, 0.2) is 24.8 Å². The second-order valence-electron chi connectivity index (χ2n) is 4.81. The molecule has 0 N–H and O–H groups in total. The van der Waals surface area contributed by atoms with Gasteiger partial charge in [0, 0.05) is 11.5 Å². The van der Waals surface area contributed by atoms with Gasteiger partial charge in [0.15, 0.2) is 11.5 Å². The first-order valence-electron chi connectivity index (χ1n) is 6.60. The summed E-state index contributed by atoms with van der Waals surface area (Å²) in [5, 5.41) is 0.857. The van der Waals surface area contributed by atoms with E-state index in [2.05, 4.69) is 11.6 Å². The van der Waals surface area contributed by atoms with Gasteiger partial charge in [-0.3, -0.25) is 4.98 Å². The van der Waals surface area contributed by atoms with Crippen molar-refractivity contribution in [2.75, 3.05) is 13.4 Å². The Labute approximate surface area is 134 Å². The van der Waals surface area contributed by atoms with Crippen LogP contribution in [0.4, 0.5) is 0 Å². The topological polar surface area (TPSA) is 57.7 Å². The lowest BCUT2D eigenvalue weighted by atomic mass is 10.0. The molecule has 22 heavy (non-hydrogen) atoms. The minimum atomic E-state index is -0.392. The van der Waals surface area contributed by atoms with Gasteiger partial charge in [-0.15, -0.1) is 12.4 Å². The van der Waals surface area contributed by atoms with E-state index in [4.69, 9.17) is 14.2 Å². The summed E-state index contributed by atoms with van der Waals surface area (Å²) in [5.74, 6) is 0.953. The zero-order valence-corrected chi connectivity index (χ0v) is 13.2. The number of hydrogen-bond acceptors (Lipinski definition) is 5. The molecular weight excluding hydrogens is 306 g/mol. The number of hydrogen-bond donors (Lipinski definition) is 0. The van der Waals surface area contributed by atoms with Gasteiger partial charge in [-0.25, -0.2) is 4.79 Å². The fourth-order valence-corrected chi connectivity index (χ4v) is 2.47. The molecule has 1 aliphatic rings. The Hall–Kier alpha value is -2.27. The average molecular weight is 322 g/mol. The number of pyridine rings is 1. The normalized spacial score (nSPS) is 11.9. The fourth-order valence-electron chi connectivity index (χ4n) is 2.47. The van der Waals surface area contributed by atoms with Crippen LogP contribution in [0.3, 0.4) is 0 Å². The molecule has 1 aromatic carbocycles. The summed E-state index contributed by atoms with van der Waals surface area (Å²) >= 11 is 0. The highest BCUT2D eigenvalue weighted by Crippen LogP contribution is 2.37. The van der Waals surface area contributed by atoms with Crippen molar-refractivity contribution in [2.45, 2.75) is 13.8 Å². The smallest absolute Gasteiger partial charge is 0.340 e. The summed E-state index contributed by atoms with van der Waals surface area (Å²) in [5.41, 5.74) is 2.72. The molecule has 2 heterocycles. The number of esters is 1. The average Bonchev–Trinajstić information content (AvgIpc) is 2.90. The van der Waals surface area contributed by atoms with E-state index in [1.54, 1.807) is 6.92 Å². The summed E-state index contributed by atoms with van der Waals surface area (Å²) in [6.45, 7) is 7.59. The molecule has 0 spiro atoms. The maximum Gasteiger partial charge on any atom is 0.340 e. The van der Waals surface area contributed by atoms with E-state index in [-0.39, 0.29) is 25.8 Å². The molecule has 0 saturated carbocycles. The molecule has 3 rings (SSSR count). The second-order valence-corrected chi connectivity index (χ2v) is 4.81. The second kappa shape index (κ2) is 6.23. The highest BCUT2D eigenvalue weighted by Gasteiger charge is 2.21. The molecule has 0 aliphatic carbocycles. The fraction of sp³-hybridized carbons (Fsp3) is 0.250. The summed E-state index contributed by atoms with van der Waals surface area (Å²) in [6.07, 6.45) is 1.54. The Morgan fingerprint density at radius 1 is 1.36 bits per heavy atom. The van der Waals surface area contributed by atoms with Crippen LogP contribution in [0.1, 0.15) is 21.6 Å². The third-order valence-electron chi connectivity index (χ3n) is 3.46. The van der Waals surface area contributed by atoms with E-state index in [0.717, 1.165) is 16.5 Å². The third kappa shape index (κ3) is 2.60. The number of aromatic nitrogens is 1. The molecule has 6 heteroatoms. The first-order valence-corrected chi connectivity index (χ1v) is 6.60. The summed E-state index contributed by atoms with van der Waals surface area (Å²) in [4.78, 5) is 16.6. The number of carbonyl (C=O) groups is 1. The van der Waals surface area contributed by atoms with Gasteiger partial charge < -0.3 is 14.2 Å². The maximum atomic E-state index is 12.2. The molecule has 1 aliphatic heterocycles. The monoisotopic (exact) mass is 321 g/mol. The molecule has 116 valence electrons. The molecule has 5 nitrogen and oxygen atoms in total. The summed E-state index contributed by atoms with van der Waals surface area (Å²) in [7, 11) is 0. The lowest BCUT2D eigenvalue weighted by Gasteiger charge is -2.12. The predicted octanol–water partition coefficient (Wildman–Crippen LogP) is 3.34. The Kier molecular flexibility index (Phi) is 4.56. The predicted molar refractivity (Wildman–Crippen MR) is 85.1 cm³/mol. The SMILES string of the molecule is C=CCOC(=O)c1c(C)nc2cc3c(cc2c1C)OCO3.Cl. The molecule has 1 aromatic heterocycles. The molecular formula is C16H16ClNO4. The number of ether oxygens (including phenoxy) is 3. The van der Waals surface area contributed by atoms with Crippen molar-refractivity contribution in [1.82, 2.24) is 4.98 Å². The van der Waals surface area contributed by atoms with Crippen molar-refractivity contribution in [3.8, 4) is 11.5 Å². The van der Waals surface area contributed by atoms with Crippen LogP contribution in [-0.4, -0.2) is 24.4 Å². The first-order chi connectivity index (χ1) is 10.1. The Bertz CT molecular complexity index is 758. The van der Waals surface area contributed by atoms with E-state index in [1.165, 1.54) is 6.08 Å². The summed E-state index contributed by atoms with van der Waals surface area (Å²) < 4.78 is 15.9. The van der Waals surface area contributed by atoms with E-state index in [9.17, 15) is 4.79 Å². The highest BCUT2D eigenvalue weighted by molar-refractivity contribution is 5.99. The van der Waals surface area contributed by atoms with Crippen LogP contribution in [0.25, 0.3) is 10.9 Å². The van der Waals surface area contributed by atoms with E-state index in [1.807, 2.05) is 19.1 Å². The van der Waals surface area contributed by atoms with Gasteiger partial charge in [-0.1, -0.05) is 12.7 Å². The van der Waals surface area contributed by atoms with Crippen LogP contribution in [0.5, 0.6) is 11.5 Å². The number of rotatable bonds is 3. The van der Waals surface area contributed by atoms with Crippen molar-refractivity contribution in [2.24, 2.45) is 0 Å². The number of benzene rings is 1. The van der Waals surface area contributed by atoms with E-state index >= 15 is 0 Å². The lowest BCUT2D eigenvalue weighted by Crippen LogP contribution is -2.11. The molecule has 0 bridgehead atoms. The van der Waals surface area contributed by atoms with Crippen LogP contribution in [-0.2, 0) is 4.74 Å². The first kappa shape index (κ1) is 16.1. The van der Waals surface area contributed by atoms with Crippen molar-refractivity contribution >= 4 is 29.3 Å². The molecule has 0 fully saturated rings. The standard InChI is InChI=1S/C16H15NO4.ClH/c1-4-5-19-16(18)15-9(2)11-6-13-14(21-8-20-13)7-12(11)17-10(15)3;/h4,6-7H,1,5,8H2,2-3H3;1H. The van der Waals surface area contributed by atoms with Crippen LogP contribution in [0.2, 0.25) is 0 Å². The van der Waals surface area contributed by atoms with Crippen molar-refractivity contribution in [3.63, 3.8) is 0 Å². The molecule has 0 radical (unpaired) electrons. The third-order valence-corrected chi connectivity index (χ3v) is 3.46.